The summed E-state index contributed by atoms with van der Waals surface area (Å²) in [5, 5.41) is 13.2. The van der Waals surface area contributed by atoms with Crippen molar-refractivity contribution in [1.29, 1.82) is 0 Å². The van der Waals surface area contributed by atoms with Crippen molar-refractivity contribution in [1.82, 2.24) is 0 Å². The Balaban J connectivity index is 2.61. The van der Waals surface area contributed by atoms with Gasteiger partial charge in [0.15, 0.2) is 0 Å². The number of rotatable bonds is 5. The van der Waals surface area contributed by atoms with Crippen LogP contribution in [0.4, 0.5) is 11.4 Å². The summed E-state index contributed by atoms with van der Waals surface area (Å²) in [5.41, 5.74) is 6.81. The molecule has 0 aliphatic rings. The zero-order valence-electron chi connectivity index (χ0n) is 9.76. The van der Waals surface area contributed by atoms with E-state index in [4.69, 9.17) is 5.73 Å². The molecule has 1 aromatic rings. The average molecular weight is 334 g/mol. The van der Waals surface area contributed by atoms with Crippen LogP contribution in [0.15, 0.2) is 18.2 Å². The van der Waals surface area contributed by atoms with Crippen LogP contribution in [0.2, 0.25) is 0 Å². The molecule has 0 spiro atoms. The van der Waals surface area contributed by atoms with Gasteiger partial charge in [-0.1, -0.05) is 13.3 Å². The van der Waals surface area contributed by atoms with Gasteiger partial charge in [-0.2, -0.15) is 0 Å². The molecule has 0 fully saturated rings. The third-order valence-corrected chi connectivity index (χ3v) is 3.13. The van der Waals surface area contributed by atoms with Gasteiger partial charge in [-0.3, -0.25) is 0 Å². The van der Waals surface area contributed by atoms with Crippen molar-refractivity contribution in [3.8, 4) is 0 Å². The topological polar surface area (TPSA) is 58.3 Å². The second-order valence-corrected chi connectivity index (χ2v) is 5.58. The molecular weight excluding hydrogens is 315 g/mol. The number of hydrogen-bond donors (Lipinski definition) is 3. The number of nitrogens with two attached hydrogens (primary N) is 1. The Labute approximate surface area is 111 Å². The van der Waals surface area contributed by atoms with Gasteiger partial charge in [0, 0.05) is 10.1 Å². The van der Waals surface area contributed by atoms with Gasteiger partial charge in [-0.15, -0.1) is 0 Å². The molecule has 1 aromatic carbocycles. The quantitative estimate of drug-likeness (QED) is 0.573. The molecule has 0 amide bonds. The van der Waals surface area contributed by atoms with Crippen molar-refractivity contribution in [2.75, 3.05) is 17.6 Å². The second kappa shape index (κ2) is 5.72. The smallest absolute Gasteiger partial charge is 0.0791 e. The highest BCUT2D eigenvalue weighted by atomic mass is 127. The first-order valence-electron chi connectivity index (χ1n) is 5.46. The Bertz CT molecular complexity index is 353. The number of anilines is 2. The molecule has 0 aromatic heterocycles. The van der Waals surface area contributed by atoms with Gasteiger partial charge in [0.2, 0.25) is 0 Å². The molecule has 0 saturated carbocycles. The summed E-state index contributed by atoms with van der Waals surface area (Å²) in [6.07, 6.45) is 1.75. The SMILES string of the molecule is CCCC(C)(O)CNc1ccc(I)cc1N. The molecule has 1 atom stereocenters. The minimum Gasteiger partial charge on any atom is -0.397 e. The summed E-state index contributed by atoms with van der Waals surface area (Å²) in [5.74, 6) is 0. The maximum atomic E-state index is 10.0. The van der Waals surface area contributed by atoms with E-state index in [1.54, 1.807) is 0 Å². The van der Waals surface area contributed by atoms with Crippen LogP contribution in [0, 0.1) is 3.57 Å². The Kier molecular flexibility index (Phi) is 4.86. The number of nitrogen functional groups attached to an aromatic ring is 1. The first-order valence-corrected chi connectivity index (χ1v) is 6.54. The van der Waals surface area contributed by atoms with E-state index in [-0.39, 0.29) is 0 Å². The summed E-state index contributed by atoms with van der Waals surface area (Å²) >= 11 is 2.22. The van der Waals surface area contributed by atoms with Gasteiger partial charge in [-0.05, 0) is 54.1 Å². The van der Waals surface area contributed by atoms with Crippen molar-refractivity contribution in [2.45, 2.75) is 32.3 Å². The first kappa shape index (κ1) is 13.6. The maximum absolute atomic E-state index is 10.0. The average Bonchev–Trinajstić information content (AvgIpc) is 2.16. The van der Waals surface area contributed by atoms with Gasteiger partial charge in [-0.25, -0.2) is 0 Å². The zero-order chi connectivity index (χ0) is 12.2. The van der Waals surface area contributed by atoms with E-state index >= 15 is 0 Å². The number of nitrogens with one attached hydrogen (secondary N) is 1. The van der Waals surface area contributed by atoms with E-state index in [1.165, 1.54) is 0 Å². The molecule has 1 rings (SSSR count). The molecule has 0 bridgehead atoms. The molecule has 4 heteroatoms. The molecule has 1 unspecified atom stereocenters. The molecule has 0 radical (unpaired) electrons. The molecule has 16 heavy (non-hydrogen) atoms. The van der Waals surface area contributed by atoms with Crippen molar-refractivity contribution < 1.29 is 5.11 Å². The van der Waals surface area contributed by atoms with Gasteiger partial charge in [0.1, 0.15) is 0 Å². The molecule has 4 N–H and O–H groups in total. The Morgan fingerprint density at radius 3 is 2.75 bits per heavy atom. The highest BCUT2D eigenvalue weighted by Crippen LogP contribution is 2.22. The van der Waals surface area contributed by atoms with Gasteiger partial charge in [0.25, 0.3) is 0 Å². The van der Waals surface area contributed by atoms with Crippen LogP contribution in [-0.4, -0.2) is 17.3 Å². The maximum Gasteiger partial charge on any atom is 0.0791 e. The lowest BCUT2D eigenvalue weighted by molar-refractivity contribution is 0.0637. The van der Waals surface area contributed by atoms with Crippen LogP contribution in [0.3, 0.4) is 0 Å². The van der Waals surface area contributed by atoms with E-state index in [2.05, 4.69) is 34.8 Å². The third kappa shape index (κ3) is 4.17. The number of halogens is 1. The van der Waals surface area contributed by atoms with E-state index in [1.807, 2.05) is 25.1 Å². The second-order valence-electron chi connectivity index (χ2n) is 4.33. The largest absolute Gasteiger partial charge is 0.397 e. The monoisotopic (exact) mass is 334 g/mol. The standard InChI is InChI=1S/C12H19IN2O/c1-3-6-12(2,16)8-15-11-5-4-9(13)7-10(11)14/h4-5,7,15-16H,3,6,8,14H2,1-2H3. The van der Waals surface area contributed by atoms with Crippen molar-refractivity contribution in [2.24, 2.45) is 0 Å². The normalized spacial score (nSPS) is 14.5. The van der Waals surface area contributed by atoms with Crippen LogP contribution in [0.1, 0.15) is 26.7 Å². The minimum absolute atomic E-state index is 0.519. The molecule has 3 nitrogen and oxygen atoms in total. The van der Waals surface area contributed by atoms with Crippen LogP contribution in [0.5, 0.6) is 0 Å². The van der Waals surface area contributed by atoms with Gasteiger partial charge >= 0.3 is 0 Å². The summed E-state index contributed by atoms with van der Waals surface area (Å²) in [4.78, 5) is 0. The highest BCUT2D eigenvalue weighted by molar-refractivity contribution is 14.1. The van der Waals surface area contributed by atoms with Gasteiger partial charge < -0.3 is 16.2 Å². The fourth-order valence-corrected chi connectivity index (χ4v) is 2.12. The van der Waals surface area contributed by atoms with Crippen molar-refractivity contribution in [3.63, 3.8) is 0 Å². The predicted molar refractivity (Wildman–Crippen MR) is 77.6 cm³/mol. The fraction of sp³-hybridized carbons (Fsp3) is 0.500. The lowest BCUT2D eigenvalue weighted by Crippen LogP contribution is -2.33. The molecular formula is C12H19IN2O. The molecule has 90 valence electrons. The molecule has 0 aliphatic carbocycles. The van der Waals surface area contributed by atoms with E-state index in [0.717, 1.165) is 27.8 Å². The van der Waals surface area contributed by atoms with Crippen LogP contribution < -0.4 is 11.1 Å². The summed E-state index contributed by atoms with van der Waals surface area (Å²) in [6.45, 7) is 4.42. The molecule has 0 aliphatic heterocycles. The van der Waals surface area contributed by atoms with Crippen molar-refractivity contribution in [3.05, 3.63) is 21.8 Å². The van der Waals surface area contributed by atoms with E-state index in [9.17, 15) is 5.11 Å². The lowest BCUT2D eigenvalue weighted by atomic mass is 10.0. The number of aliphatic hydroxyl groups is 1. The molecule has 0 saturated heterocycles. The van der Waals surface area contributed by atoms with E-state index < -0.39 is 5.60 Å². The summed E-state index contributed by atoms with van der Waals surface area (Å²) < 4.78 is 1.11. The van der Waals surface area contributed by atoms with Crippen molar-refractivity contribution >= 4 is 34.0 Å². The lowest BCUT2D eigenvalue weighted by Gasteiger charge is -2.24. The Hall–Kier alpha value is -0.490. The molecule has 0 heterocycles. The Morgan fingerprint density at radius 2 is 2.19 bits per heavy atom. The van der Waals surface area contributed by atoms with E-state index in [0.29, 0.717) is 6.54 Å². The Morgan fingerprint density at radius 1 is 1.50 bits per heavy atom. The number of benzene rings is 1. The number of hydrogen-bond acceptors (Lipinski definition) is 3. The zero-order valence-corrected chi connectivity index (χ0v) is 11.9. The van der Waals surface area contributed by atoms with Crippen LogP contribution >= 0.6 is 22.6 Å². The fourth-order valence-electron chi connectivity index (χ4n) is 1.61. The predicted octanol–water partition coefficient (Wildman–Crippen LogP) is 2.84. The first-order chi connectivity index (χ1) is 7.44. The minimum atomic E-state index is -0.676. The van der Waals surface area contributed by atoms with Crippen LogP contribution in [0.25, 0.3) is 0 Å². The highest BCUT2D eigenvalue weighted by Gasteiger charge is 2.18. The van der Waals surface area contributed by atoms with Crippen LogP contribution in [-0.2, 0) is 0 Å². The van der Waals surface area contributed by atoms with Gasteiger partial charge in [0.05, 0.1) is 17.0 Å². The summed E-state index contributed by atoms with van der Waals surface area (Å²) in [7, 11) is 0. The summed E-state index contributed by atoms with van der Waals surface area (Å²) in [6, 6.07) is 5.85. The third-order valence-electron chi connectivity index (χ3n) is 2.46.